The van der Waals surface area contributed by atoms with Crippen LogP contribution in [0.1, 0.15) is 21.5 Å². The summed E-state index contributed by atoms with van der Waals surface area (Å²) in [5.41, 5.74) is -1.34. The van der Waals surface area contributed by atoms with E-state index >= 15 is 0 Å². The van der Waals surface area contributed by atoms with Gasteiger partial charge in [0.1, 0.15) is 23.0 Å². The van der Waals surface area contributed by atoms with Crippen LogP contribution in [0.5, 0.6) is 5.75 Å². The summed E-state index contributed by atoms with van der Waals surface area (Å²) in [6.45, 7) is -0.415. The molecule has 198 valence electrons. The number of amides is 1. The van der Waals surface area contributed by atoms with Crippen molar-refractivity contribution in [3.63, 3.8) is 0 Å². The van der Waals surface area contributed by atoms with E-state index in [0.29, 0.717) is 5.39 Å². The van der Waals surface area contributed by atoms with E-state index in [2.05, 4.69) is 10.1 Å². The molecule has 0 unspecified atom stereocenters. The van der Waals surface area contributed by atoms with Gasteiger partial charge in [-0.1, -0.05) is 48.5 Å². The molecule has 0 saturated carbocycles. The Morgan fingerprint density at radius 3 is 2.26 bits per heavy atom. The van der Waals surface area contributed by atoms with Crippen molar-refractivity contribution >= 4 is 16.7 Å². The smallest absolute Gasteiger partial charge is 0.428 e. The van der Waals surface area contributed by atoms with Crippen LogP contribution in [0.4, 0.5) is 26.3 Å². The minimum absolute atomic E-state index is 0.146. The van der Waals surface area contributed by atoms with Gasteiger partial charge in [-0.25, -0.2) is 8.78 Å². The van der Waals surface area contributed by atoms with Crippen molar-refractivity contribution < 1.29 is 41.0 Å². The standard InChI is InChI=1S/C28H21F6NO3/c29-19-10-8-18(9-11-19)27(37,15-17-4-3-5-20(14-17)38-28(33,34)26(31)32)16-35-25(36)23-12-13-24(30)22-7-2-1-6-21(22)23/h1-14,26,37H,15-16H2,(H,35,36)/t27-/m1/s1. The largest absolute Gasteiger partial charge is 0.461 e. The number of hydrogen-bond acceptors (Lipinski definition) is 3. The number of rotatable bonds is 9. The van der Waals surface area contributed by atoms with Crippen molar-refractivity contribution in [2.24, 2.45) is 0 Å². The summed E-state index contributed by atoms with van der Waals surface area (Å²) < 4.78 is 83.7. The summed E-state index contributed by atoms with van der Waals surface area (Å²) in [6, 6.07) is 18.4. The molecular formula is C28H21F6NO3. The average Bonchev–Trinajstić information content (AvgIpc) is 2.88. The Morgan fingerprint density at radius 2 is 1.58 bits per heavy atom. The Hall–Kier alpha value is -4.05. The highest BCUT2D eigenvalue weighted by molar-refractivity contribution is 6.07. The van der Waals surface area contributed by atoms with Gasteiger partial charge < -0.3 is 15.2 Å². The van der Waals surface area contributed by atoms with E-state index in [4.69, 9.17) is 0 Å². The van der Waals surface area contributed by atoms with Crippen molar-refractivity contribution in [2.45, 2.75) is 24.6 Å². The molecule has 0 bridgehead atoms. The summed E-state index contributed by atoms with van der Waals surface area (Å²) in [4.78, 5) is 13.1. The average molecular weight is 533 g/mol. The number of fused-ring (bicyclic) bond motifs is 1. The lowest BCUT2D eigenvalue weighted by molar-refractivity contribution is -0.253. The van der Waals surface area contributed by atoms with Gasteiger partial charge in [-0.3, -0.25) is 4.79 Å². The van der Waals surface area contributed by atoms with Crippen molar-refractivity contribution in [2.75, 3.05) is 6.54 Å². The molecule has 4 nitrogen and oxygen atoms in total. The number of benzene rings is 4. The summed E-state index contributed by atoms with van der Waals surface area (Å²) in [6.07, 6.45) is -9.07. The maximum atomic E-state index is 14.2. The predicted octanol–water partition coefficient (Wildman–Crippen LogP) is 6.22. The molecule has 1 atom stereocenters. The monoisotopic (exact) mass is 533 g/mol. The Kier molecular flexibility index (Phi) is 7.63. The van der Waals surface area contributed by atoms with Crippen molar-refractivity contribution in [3.8, 4) is 5.75 Å². The van der Waals surface area contributed by atoms with E-state index in [9.17, 15) is 36.2 Å². The number of carbonyl (C=O) groups is 1. The third-order valence-electron chi connectivity index (χ3n) is 5.94. The topological polar surface area (TPSA) is 58.6 Å². The molecule has 0 saturated heterocycles. The quantitative estimate of drug-likeness (QED) is 0.252. The molecule has 0 aromatic heterocycles. The Bertz CT molecular complexity index is 1440. The van der Waals surface area contributed by atoms with E-state index in [0.717, 1.165) is 30.3 Å². The lowest BCUT2D eigenvalue weighted by atomic mass is 9.86. The highest BCUT2D eigenvalue weighted by Gasteiger charge is 2.44. The Morgan fingerprint density at radius 1 is 0.895 bits per heavy atom. The fraction of sp³-hybridized carbons (Fsp3) is 0.179. The van der Waals surface area contributed by atoms with Gasteiger partial charge >= 0.3 is 12.5 Å². The molecule has 10 heteroatoms. The van der Waals surface area contributed by atoms with E-state index in [-0.39, 0.29) is 28.5 Å². The van der Waals surface area contributed by atoms with Crippen molar-refractivity contribution in [3.05, 3.63) is 113 Å². The molecule has 0 radical (unpaired) electrons. The zero-order valence-corrected chi connectivity index (χ0v) is 19.6. The first-order valence-corrected chi connectivity index (χ1v) is 11.4. The molecule has 2 N–H and O–H groups in total. The number of halogens is 6. The number of aliphatic hydroxyl groups is 1. The molecular weight excluding hydrogens is 512 g/mol. The van der Waals surface area contributed by atoms with Gasteiger partial charge in [-0.15, -0.1) is 0 Å². The van der Waals surface area contributed by atoms with E-state index in [1.807, 2.05) is 0 Å². The highest BCUT2D eigenvalue weighted by Crippen LogP contribution is 2.31. The molecule has 0 spiro atoms. The zero-order chi connectivity index (χ0) is 27.5. The predicted molar refractivity (Wildman–Crippen MR) is 128 cm³/mol. The van der Waals surface area contributed by atoms with Gasteiger partial charge in [0.15, 0.2) is 0 Å². The Balaban J connectivity index is 1.62. The summed E-state index contributed by atoms with van der Waals surface area (Å²) in [7, 11) is 0. The van der Waals surface area contributed by atoms with E-state index in [1.54, 1.807) is 18.2 Å². The number of ether oxygens (including phenoxy) is 1. The van der Waals surface area contributed by atoms with Crippen LogP contribution >= 0.6 is 0 Å². The molecule has 4 aromatic carbocycles. The number of alkyl halides is 4. The summed E-state index contributed by atoms with van der Waals surface area (Å²) >= 11 is 0. The first kappa shape index (κ1) is 27.0. The normalized spacial score (nSPS) is 13.4. The van der Waals surface area contributed by atoms with Crippen LogP contribution in [-0.4, -0.2) is 30.1 Å². The van der Waals surface area contributed by atoms with Crippen LogP contribution < -0.4 is 10.1 Å². The first-order chi connectivity index (χ1) is 18.0. The molecule has 0 heterocycles. The summed E-state index contributed by atoms with van der Waals surface area (Å²) in [5, 5.41) is 14.8. The third kappa shape index (κ3) is 5.91. The van der Waals surface area contributed by atoms with Gasteiger partial charge in [-0.2, -0.15) is 17.6 Å². The van der Waals surface area contributed by atoms with Gasteiger partial charge in [0.2, 0.25) is 0 Å². The maximum absolute atomic E-state index is 14.2. The third-order valence-corrected chi connectivity index (χ3v) is 5.94. The van der Waals surface area contributed by atoms with Crippen LogP contribution in [0, 0.1) is 11.6 Å². The minimum Gasteiger partial charge on any atom is -0.428 e. The van der Waals surface area contributed by atoms with Gasteiger partial charge in [-0.05, 0) is 52.9 Å². The maximum Gasteiger partial charge on any atom is 0.461 e. The van der Waals surface area contributed by atoms with Crippen LogP contribution in [0.2, 0.25) is 0 Å². The molecule has 4 aromatic rings. The van der Waals surface area contributed by atoms with Gasteiger partial charge in [0.25, 0.3) is 5.91 Å². The van der Waals surface area contributed by atoms with Gasteiger partial charge in [0, 0.05) is 17.4 Å². The van der Waals surface area contributed by atoms with Crippen LogP contribution in [0.25, 0.3) is 10.8 Å². The van der Waals surface area contributed by atoms with Gasteiger partial charge in [0.05, 0.1) is 6.54 Å². The fourth-order valence-corrected chi connectivity index (χ4v) is 4.07. The van der Waals surface area contributed by atoms with Crippen molar-refractivity contribution in [1.82, 2.24) is 5.32 Å². The number of hydrogen-bond donors (Lipinski definition) is 2. The number of carbonyl (C=O) groups excluding carboxylic acids is 1. The lowest BCUT2D eigenvalue weighted by Gasteiger charge is -2.30. The van der Waals surface area contributed by atoms with Crippen LogP contribution in [0.15, 0.2) is 84.9 Å². The first-order valence-electron chi connectivity index (χ1n) is 11.4. The second kappa shape index (κ2) is 10.7. The molecule has 0 aliphatic heterocycles. The molecule has 4 rings (SSSR count). The SMILES string of the molecule is O=C(NC[C@](O)(Cc1cccc(OC(F)(F)C(F)F)c1)c1ccc(F)cc1)c1ccc(F)c2ccccc12. The summed E-state index contributed by atoms with van der Waals surface area (Å²) in [5.74, 6) is -2.28. The number of nitrogens with one attached hydrogen (secondary N) is 1. The Labute approximate surface area is 213 Å². The molecule has 0 aliphatic rings. The second-order valence-corrected chi connectivity index (χ2v) is 8.65. The molecule has 0 fully saturated rings. The zero-order valence-electron chi connectivity index (χ0n) is 19.6. The molecule has 1 amide bonds. The molecule has 0 aliphatic carbocycles. The van der Waals surface area contributed by atoms with Crippen LogP contribution in [0.3, 0.4) is 0 Å². The lowest BCUT2D eigenvalue weighted by Crippen LogP contribution is -2.42. The molecule has 38 heavy (non-hydrogen) atoms. The van der Waals surface area contributed by atoms with Crippen molar-refractivity contribution in [1.29, 1.82) is 0 Å². The van der Waals surface area contributed by atoms with E-state index < -0.39 is 48.0 Å². The van der Waals surface area contributed by atoms with E-state index in [1.165, 1.54) is 36.4 Å². The second-order valence-electron chi connectivity index (χ2n) is 8.65. The fourth-order valence-electron chi connectivity index (χ4n) is 4.07. The minimum atomic E-state index is -4.72. The highest BCUT2D eigenvalue weighted by atomic mass is 19.3. The van der Waals surface area contributed by atoms with Crippen LogP contribution in [-0.2, 0) is 12.0 Å².